The predicted octanol–water partition coefficient (Wildman–Crippen LogP) is 3.32. The van der Waals surface area contributed by atoms with Gasteiger partial charge in [-0.25, -0.2) is 4.39 Å². The number of methoxy groups -OCH3 is 2. The third kappa shape index (κ3) is 3.64. The van der Waals surface area contributed by atoms with Gasteiger partial charge in [0.25, 0.3) is 0 Å². The molecule has 0 unspecified atom stereocenters. The molecule has 1 aromatic rings. The highest BCUT2D eigenvalue weighted by atomic mass is 35.5. The second kappa shape index (κ2) is 6.31. The van der Waals surface area contributed by atoms with E-state index in [0.29, 0.717) is 0 Å². The number of benzene rings is 1. The van der Waals surface area contributed by atoms with Crippen molar-refractivity contribution in [2.24, 2.45) is 0 Å². The van der Waals surface area contributed by atoms with Gasteiger partial charge in [0, 0.05) is 19.8 Å². The van der Waals surface area contributed by atoms with Crippen molar-refractivity contribution < 1.29 is 18.7 Å². The highest BCUT2D eigenvalue weighted by Crippen LogP contribution is 2.25. The molecule has 0 radical (unpaired) electrons. The van der Waals surface area contributed by atoms with Gasteiger partial charge in [-0.05, 0) is 12.1 Å². The largest absolute Gasteiger partial charge is 0.355 e. The number of ketones is 1. The first-order valence-corrected chi connectivity index (χ1v) is 5.48. The van der Waals surface area contributed by atoms with Crippen LogP contribution in [-0.2, 0) is 9.47 Å². The third-order valence-electron chi connectivity index (χ3n) is 2.19. The van der Waals surface area contributed by atoms with Gasteiger partial charge in [-0.1, -0.05) is 23.2 Å². The summed E-state index contributed by atoms with van der Waals surface area (Å²) in [6.07, 6.45) is -0.731. The summed E-state index contributed by atoms with van der Waals surface area (Å²) in [6.45, 7) is 0. The number of carbonyl (C=O) groups is 1. The maximum atomic E-state index is 13.2. The molecule has 0 spiro atoms. The number of hydrogen-bond acceptors (Lipinski definition) is 3. The second-order valence-corrected chi connectivity index (χ2v) is 4.09. The maximum absolute atomic E-state index is 13.2. The molecule has 1 rings (SSSR count). The van der Waals surface area contributed by atoms with Crippen molar-refractivity contribution in [1.82, 2.24) is 0 Å². The van der Waals surface area contributed by atoms with Crippen molar-refractivity contribution in [3.05, 3.63) is 33.6 Å². The average Bonchev–Trinajstić information content (AvgIpc) is 2.30. The van der Waals surface area contributed by atoms with Crippen molar-refractivity contribution in [2.45, 2.75) is 12.7 Å². The minimum atomic E-state index is -0.689. The molecule has 0 atom stereocenters. The Hall–Kier alpha value is -0.680. The smallest absolute Gasteiger partial charge is 0.169 e. The zero-order valence-electron chi connectivity index (χ0n) is 9.30. The lowest BCUT2D eigenvalue weighted by atomic mass is 10.1. The van der Waals surface area contributed by atoms with Crippen LogP contribution in [0.5, 0.6) is 0 Å². The molecule has 0 saturated carbocycles. The minimum Gasteiger partial charge on any atom is -0.355 e. The summed E-state index contributed by atoms with van der Waals surface area (Å²) in [5.74, 6) is -1.06. The van der Waals surface area contributed by atoms with Crippen LogP contribution in [-0.4, -0.2) is 26.3 Å². The van der Waals surface area contributed by atoms with Crippen molar-refractivity contribution in [3.63, 3.8) is 0 Å². The summed E-state index contributed by atoms with van der Waals surface area (Å²) in [5.41, 5.74) is 0.0627. The quantitative estimate of drug-likeness (QED) is 0.472. The first-order chi connectivity index (χ1) is 7.99. The molecule has 0 amide bonds. The monoisotopic (exact) mass is 280 g/mol. The van der Waals surface area contributed by atoms with Crippen LogP contribution in [0.25, 0.3) is 0 Å². The number of rotatable bonds is 5. The van der Waals surface area contributed by atoms with E-state index in [1.54, 1.807) is 0 Å². The van der Waals surface area contributed by atoms with E-state index >= 15 is 0 Å². The lowest BCUT2D eigenvalue weighted by Gasteiger charge is -2.12. The van der Waals surface area contributed by atoms with Crippen molar-refractivity contribution >= 4 is 29.0 Å². The molecule has 0 fully saturated rings. The fourth-order valence-corrected chi connectivity index (χ4v) is 1.75. The SMILES string of the molecule is COC(CC(=O)c1cc(F)c(Cl)cc1Cl)OC. The molecule has 6 heteroatoms. The van der Waals surface area contributed by atoms with Gasteiger partial charge in [0.2, 0.25) is 0 Å². The van der Waals surface area contributed by atoms with E-state index in [1.807, 2.05) is 0 Å². The van der Waals surface area contributed by atoms with Gasteiger partial charge in [-0.3, -0.25) is 4.79 Å². The van der Waals surface area contributed by atoms with Gasteiger partial charge in [0.15, 0.2) is 12.1 Å². The summed E-state index contributed by atoms with van der Waals surface area (Å²) in [7, 11) is 2.82. The Morgan fingerprint density at radius 1 is 1.29 bits per heavy atom. The number of hydrogen-bond donors (Lipinski definition) is 0. The van der Waals surface area contributed by atoms with Crippen LogP contribution >= 0.6 is 23.2 Å². The van der Waals surface area contributed by atoms with E-state index in [4.69, 9.17) is 32.7 Å². The maximum Gasteiger partial charge on any atom is 0.169 e. The molecular weight excluding hydrogens is 270 g/mol. The van der Waals surface area contributed by atoms with Crippen molar-refractivity contribution in [3.8, 4) is 0 Å². The fourth-order valence-electron chi connectivity index (χ4n) is 1.26. The van der Waals surface area contributed by atoms with Crippen LogP contribution in [0.2, 0.25) is 10.0 Å². The van der Waals surface area contributed by atoms with Crippen LogP contribution in [0.3, 0.4) is 0 Å². The van der Waals surface area contributed by atoms with E-state index < -0.39 is 12.1 Å². The molecule has 17 heavy (non-hydrogen) atoms. The van der Waals surface area contributed by atoms with E-state index in [0.717, 1.165) is 6.07 Å². The van der Waals surface area contributed by atoms with Gasteiger partial charge in [-0.2, -0.15) is 0 Å². The van der Waals surface area contributed by atoms with Gasteiger partial charge in [-0.15, -0.1) is 0 Å². The Morgan fingerprint density at radius 3 is 2.41 bits per heavy atom. The molecule has 0 aliphatic heterocycles. The Kier molecular flexibility index (Phi) is 5.33. The Bertz CT molecular complexity index is 419. The molecule has 0 N–H and O–H groups in total. The van der Waals surface area contributed by atoms with Crippen LogP contribution in [0, 0.1) is 5.82 Å². The van der Waals surface area contributed by atoms with Crippen LogP contribution in [0.1, 0.15) is 16.8 Å². The summed E-state index contributed by atoms with van der Waals surface area (Å²) in [4.78, 5) is 11.8. The van der Waals surface area contributed by atoms with E-state index in [9.17, 15) is 9.18 Å². The first-order valence-electron chi connectivity index (χ1n) is 4.73. The first kappa shape index (κ1) is 14.4. The lowest BCUT2D eigenvalue weighted by molar-refractivity contribution is -0.0993. The van der Waals surface area contributed by atoms with Gasteiger partial charge in [0.05, 0.1) is 16.5 Å². The van der Waals surface area contributed by atoms with Gasteiger partial charge < -0.3 is 9.47 Å². The molecule has 0 saturated heterocycles. The lowest BCUT2D eigenvalue weighted by Crippen LogP contribution is -2.18. The Morgan fingerprint density at radius 2 is 1.88 bits per heavy atom. The van der Waals surface area contributed by atoms with E-state index in [1.165, 1.54) is 20.3 Å². The summed E-state index contributed by atoms with van der Waals surface area (Å²) in [6, 6.07) is 2.20. The van der Waals surface area contributed by atoms with Crippen LogP contribution in [0.15, 0.2) is 12.1 Å². The molecule has 0 heterocycles. The number of ether oxygens (including phenoxy) is 2. The van der Waals surface area contributed by atoms with Crippen LogP contribution in [0.4, 0.5) is 4.39 Å². The highest BCUT2D eigenvalue weighted by molar-refractivity contribution is 6.36. The summed E-state index contributed by atoms with van der Waals surface area (Å²) in [5, 5.41) is -0.0195. The fraction of sp³-hybridized carbons (Fsp3) is 0.364. The van der Waals surface area contributed by atoms with Gasteiger partial charge in [0.1, 0.15) is 5.82 Å². The molecule has 0 aliphatic rings. The third-order valence-corrected chi connectivity index (χ3v) is 2.79. The number of Topliss-reactive ketones (excluding diaryl/α,β-unsaturated/α-hetero) is 1. The van der Waals surface area contributed by atoms with Crippen molar-refractivity contribution in [1.29, 1.82) is 0 Å². The zero-order valence-corrected chi connectivity index (χ0v) is 10.8. The second-order valence-electron chi connectivity index (χ2n) is 3.27. The summed E-state index contributed by atoms with van der Waals surface area (Å²) >= 11 is 11.3. The zero-order chi connectivity index (χ0) is 13.0. The topological polar surface area (TPSA) is 35.5 Å². The minimum absolute atomic E-state index is 0.0478. The summed E-state index contributed by atoms with van der Waals surface area (Å²) < 4.78 is 23.0. The number of halogens is 3. The Balaban J connectivity index is 2.93. The standard InChI is InChI=1S/C11H11Cl2FO3/c1-16-11(17-2)5-10(15)6-3-9(14)8(13)4-7(6)12/h3-4,11H,5H2,1-2H3. The number of carbonyl (C=O) groups excluding carboxylic acids is 1. The molecule has 1 aromatic carbocycles. The normalized spacial score (nSPS) is 10.9. The van der Waals surface area contributed by atoms with Crippen molar-refractivity contribution in [2.75, 3.05) is 14.2 Å². The Labute approximate surface area is 108 Å². The molecule has 0 aliphatic carbocycles. The highest BCUT2D eigenvalue weighted by Gasteiger charge is 2.18. The molecular formula is C11H11Cl2FO3. The molecule has 3 nitrogen and oxygen atoms in total. The molecule has 94 valence electrons. The molecule has 0 bridgehead atoms. The van der Waals surface area contributed by atoms with Crippen LogP contribution < -0.4 is 0 Å². The van der Waals surface area contributed by atoms with E-state index in [-0.39, 0.29) is 27.8 Å². The predicted molar refractivity (Wildman–Crippen MR) is 63.2 cm³/mol. The average molecular weight is 281 g/mol. The molecule has 0 aromatic heterocycles. The van der Waals surface area contributed by atoms with E-state index in [2.05, 4.69) is 0 Å². The van der Waals surface area contributed by atoms with Gasteiger partial charge >= 0.3 is 0 Å².